The third kappa shape index (κ3) is 3.63. The quantitative estimate of drug-likeness (QED) is 0.465. The highest BCUT2D eigenvalue weighted by Crippen LogP contribution is 2.31. The van der Waals surface area contributed by atoms with Crippen LogP contribution in [0.1, 0.15) is 0 Å². The van der Waals surface area contributed by atoms with Crippen molar-refractivity contribution in [2.75, 3.05) is 10.6 Å². The summed E-state index contributed by atoms with van der Waals surface area (Å²) in [6.45, 7) is 0. The second-order valence-corrected chi connectivity index (χ2v) is 6.77. The van der Waals surface area contributed by atoms with Gasteiger partial charge in [-0.2, -0.15) is 0 Å². The smallest absolute Gasteiger partial charge is 0.308 e. The topological polar surface area (TPSA) is 54.0 Å². The summed E-state index contributed by atoms with van der Waals surface area (Å²) in [5, 5.41) is 5.60. The number of amides is 2. The van der Waals surface area contributed by atoms with Crippen molar-refractivity contribution in [3.05, 3.63) is 78.4 Å². The van der Waals surface area contributed by atoms with E-state index in [0.717, 1.165) is 32.9 Å². The van der Waals surface area contributed by atoms with Gasteiger partial charge in [0.2, 0.25) is 0 Å². The van der Waals surface area contributed by atoms with Crippen LogP contribution >= 0.6 is 11.3 Å². The number of nitrogens with zero attached hydrogens (tertiary/aromatic N) is 1. The van der Waals surface area contributed by atoms with Gasteiger partial charge in [0.1, 0.15) is 22.3 Å². The van der Waals surface area contributed by atoms with Gasteiger partial charge in [0.25, 0.3) is 0 Å². The molecule has 0 unspecified atom stereocenters. The van der Waals surface area contributed by atoms with Gasteiger partial charge in [0, 0.05) is 11.3 Å². The minimum Gasteiger partial charge on any atom is -0.308 e. The fourth-order valence-electron chi connectivity index (χ4n) is 2.62. The van der Waals surface area contributed by atoms with Crippen LogP contribution in [0.15, 0.2) is 66.7 Å². The molecule has 0 aliphatic rings. The summed E-state index contributed by atoms with van der Waals surface area (Å²) in [6, 6.07) is 17.6. The lowest BCUT2D eigenvalue weighted by Crippen LogP contribution is -2.20. The summed E-state index contributed by atoms with van der Waals surface area (Å²) >= 11 is 1.55. The maximum absolute atomic E-state index is 13.6. The molecule has 1 heterocycles. The molecular weight excluding hydrogens is 368 g/mol. The maximum Gasteiger partial charge on any atom is 0.323 e. The molecule has 2 N–H and O–H groups in total. The maximum atomic E-state index is 13.6. The molecule has 0 radical (unpaired) electrons. The number of anilines is 2. The molecule has 0 aliphatic heterocycles. The molecule has 7 heteroatoms. The molecule has 0 saturated carbocycles. The Balaban J connectivity index is 1.55. The number of thiazole rings is 1. The Morgan fingerprint density at radius 3 is 2.41 bits per heavy atom. The molecule has 27 heavy (non-hydrogen) atoms. The Bertz CT molecular complexity index is 1090. The van der Waals surface area contributed by atoms with Gasteiger partial charge in [-0.3, -0.25) is 0 Å². The third-order valence-electron chi connectivity index (χ3n) is 3.86. The number of rotatable bonds is 3. The number of para-hydroxylation sites is 2. The number of hydrogen-bond donors (Lipinski definition) is 2. The van der Waals surface area contributed by atoms with Gasteiger partial charge in [0.05, 0.1) is 10.2 Å². The summed E-state index contributed by atoms with van der Waals surface area (Å²) in [4.78, 5) is 16.7. The van der Waals surface area contributed by atoms with Gasteiger partial charge in [-0.05, 0) is 36.4 Å². The standard InChI is InChI=1S/C20H13F2N3OS/c21-14-7-4-8-15(22)18(14)25-20(26)23-13-6-3-5-12(11-13)19-24-16-9-1-2-10-17(16)27-19/h1-11H,(H2,23,25,26). The monoisotopic (exact) mass is 381 g/mol. The van der Waals surface area contributed by atoms with Gasteiger partial charge in [-0.15, -0.1) is 11.3 Å². The van der Waals surface area contributed by atoms with E-state index >= 15 is 0 Å². The van der Waals surface area contributed by atoms with E-state index in [1.165, 1.54) is 6.07 Å². The lowest BCUT2D eigenvalue weighted by Gasteiger charge is -2.10. The van der Waals surface area contributed by atoms with Crippen molar-refractivity contribution in [3.63, 3.8) is 0 Å². The van der Waals surface area contributed by atoms with Gasteiger partial charge < -0.3 is 10.6 Å². The molecule has 2 amide bonds. The number of aromatic nitrogens is 1. The minimum atomic E-state index is -0.839. The highest BCUT2D eigenvalue weighted by atomic mass is 32.1. The summed E-state index contributed by atoms with van der Waals surface area (Å²) in [5.74, 6) is -1.68. The molecule has 0 bridgehead atoms. The lowest BCUT2D eigenvalue weighted by molar-refractivity contribution is 0.262. The zero-order valence-corrected chi connectivity index (χ0v) is 14.7. The number of carbonyl (C=O) groups excluding carboxylic acids is 1. The number of carbonyl (C=O) groups is 1. The fourth-order valence-corrected chi connectivity index (χ4v) is 3.58. The van der Waals surface area contributed by atoms with Crippen LogP contribution < -0.4 is 10.6 Å². The molecule has 134 valence electrons. The lowest BCUT2D eigenvalue weighted by atomic mass is 10.2. The number of urea groups is 1. The van der Waals surface area contributed by atoms with E-state index in [1.807, 2.05) is 30.3 Å². The Morgan fingerprint density at radius 2 is 1.63 bits per heavy atom. The van der Waals surface area contributed by atoms with E-state index < -0.39 is 23.4 Å². The van der Waals surface area contributed by atoms with E-state index in [1.54, 1.807) is 29.5 Å². The van der Waals surface area contributed by atoms with Crippen LogP contribution in [0.25, 0.3) is 20.8 Å². The number of hydrogen-bond acceptors (Lipinski definition) is 3. The third-order valence-corrected chi connectivity index (χ3v) is 4.95. The molecule has 3 aromatic carbocycles. The number of benzene rings is 3. The first-order valence-corrected chi connectivity index (χ1v) is 8.90. The Hall–Kier alpha value is -3.32. The Morgan fingerprint density at radius 1 is 0.889 bits per heavy atom. The van der Waals surface area contributed by atoms with Crippen LogP contribution in [0.5, 0.6) is 0 Å². The summed E-state index contributed by atoms with van der Waals surface area (Å²) in [7, 11) is 0. The van der Waals surface area contributed by atoms with E-state index in [9.17, 15) is 13.6 Å². The molecule has 0 fully saturated rings. The minimum absolute atomic E-state index is 0.487. The Labute approximate surface area is 157 Å². The van der Waals surface area contributed by atoms with E-state index in [4.69, 9.17) is 0 Å². The molecular formula is C20H13F2N3OS. The van der Waals surface area contributed by atoms with Crippen LogP contribution in [-0.2, 0) is 0 Å². The van der Waals surface area contributed by atoms with Crippen molar-refractivity contribution in [2.45, 2.75) is 0 Å². The van der Waals surface area contributed by atoms with E-state index in [-0.39, 0.29) is 0 Å². The second-order valence-electron chi connectivity index (χ2n) is 5.74. The predicted molar refractivity (Wildman–Crippen MR) is 104 cm³/mol. The SMILES string of the molecule is O=C(Nc1cccc(-c2nc3ccccc3s2)c1)Nc1c(F)cccc1F. The molecule has 0 aliphatic carbocycles. The predicted octanol–water partition coefficient (Wildman–Crippen LogP) is 5.89. The Kier molecular flexibility index (Phi) is 4.52. The van der Waals surface area contributed by atoms with Crippen molar-refractivity contribution < 1.29 is 13.6 Å². The highest BCUT2D eigenvalue weighted by Gasteiger charge is 2.12. The molecule has 4 nitrogen and oxygen atoms in total. The van der Waals surface area contributed by atoms with Crippen LogP contribution in [0.2, 0.25) is 0 Å². The van der Waals surface area contributed by atoms with Gasteiger partial charge in [0.15, 0.2) is 0 Å². The molecule has 0 saturated heterocycles. The van der Waals surface area contributed by atoms with Crippen molar-refractivity contribution >= 4 is 39.0 Å². The van der Waals surface area contributed by atoms with Gasteiger partial charge in [-0.1, -0.05) is 30.3 Å². The van der Waals surface area contributed by atoms with Crippen molar-refractivity contribution in [1.29, 1.82) is 0 Å². The molecule has 0 atom stereocenters. The van der Waals surface area contributed by atoms with Crippen molar-refractivity contribution in [3.8, 4) is 10.6 Å². The van der Waals surface area contributed by atoms with Gasteiger partial charge >= 0.3 is 6.03 Å². The number of fused-ring (bicyclic) bond motifs is 1. The zero-order chi connectivity index (χ0) is 18.8. The summed E-state index contributed by atoms with van der Waals surface area (Å²) < 4.78 is 28.4. The molecule has 4 rings (SSSR count). The zero-order valence-electron chi connectivity index (χ0n) is 13.9. The molecule has 4 aromatic rings. The average Bonchev–Trinajstić information content (AvgIpc) is 3.09. The second kappa shape index (κ2) is 7.13. The summed E-state index contributed by atoms with van der Waals surface area (Å²) in [6.07, 6.45) is 0. The summed E-state index contributed by atoms with van der Waals surface area (Å²) in [5.41, 5.74) is 1.74. The normalized spacial score (nSPS) is 10.7. The van der Waals surface area contributed by atoms with Crippen molar-refractivity contribution in [1.82, 2.24) is 4.98 Å². The highest BCUT2D eigenvalue weighted by molar-refractivity contribution is 7.21. The van der Waals surface area contributed by atoms with Crippen LogP contribution in [0, 0.1) is 11.6 Å². The van der Waals surface area contributed by atoms with E-state index in [2.05, 4.69) is 15.6 Å². The van der Waals surface area contributed by atoms with E-state index in [0.29, 0.717) is 5.69 Å². The largest absolute Gasteiger partial charge is 0.323 e. The molecule has 1 aromatic heterocycles. The van der Waals surface area contributed by atoms with Crippen LogP contribution in [0.4, 0.5) is 25.0 Å². The average molecular weight is 381 g/mol. The first kappa shape index (κ1) is 17.1. The van der Waals surface area contributed by atoms with Gasteiger partial charge in [-0.25, -0.2) is 18.6 Å². The van der Waals surface area contributed by atoms with Crippen LogP contribution in [0.3, 0.4) is 0 Å². The fraction of sp³-hybridized carbons (Fsp3) is 0. The number of nitrogens with one attached hydrogen (secondary N) is 2. The first-order chi connectivity index (χ1) is 13.1. The number of halogens is 2. The molecule has 0 spiro atoms. The van der Waals surface area contributed by atoms with Crippen LogP contribution in [-0.4, -0.2) is 11.0 Å². The van der Waals surface area contributed by atoms with Crippen molar-refractivity contribution in [2.24, 2.45) is 0 Å². The first-order valence-electron chi connectivity index (χ1n) is 8.08.